The first-order chi connectivity index (χ1) is 15.6. The second-order valence-electron chi connectivity index (χ2n) is 7.30. The third-order valence-electron chi connectivity index (χ3n) is 4.94. The van der Waals surface area contributed by atoms with Gasteiger partial charge in [0.1, 0.15) is 24.1 Å². The number of rotatable bonds is 3. The first-order valence-corrected chi connectivity index (χ1v) is 10.5. The highest BCUT2D eigenvalue weighted by Crippen LogP contribution is 2.33. The molecule has 0 unspecified atom stereocenters. The summed E-state index contributed by atoms with van der Waals surface area (Å²) in [4.78, 5) is 30.5. The van der Waals surface area contributed by atoms with Crippen molar-refractivity contribution in [3.8, 4) is 5.75 Å². The summed E-state index contributed by atoms with van der Waals surface area (Å²) in [6, 6.07) is 7.20. The van der Waals surface area contributed by atoms with Crippen molar-refractivity contribution in [3.05, 3.63) is 70.2 Å². The molecule has 0 saturated heterocycles. The maximum Gasteiger partial charge on any atom is 0.433 e. The molecule has 0 saturated carbocycles. The zero-order valence-corrected chi connectivity index (χ0v) is 18.7. The summed E-state index contributed by atoms with van der Waals surface area (Å²) in [7, 11) is 1.58. The Bertz CT molecular complexity index is 1210. The number of aromatic nitrogens is 3. The number of halogens is 4. The molecular formula is C21H17BrF3N5O3. The van der Waals surface area contributed by atoms with Crippen molar-refractivity contribution >= 4 is 33.6 Å². The molecule has 3 heterocycles. The van der Waals surface area contributed by atoms with Gasteiger partial charge in [-0.15, -0.1) is 0 Å². The van der Waals surface area contributed by atoms with E-state index in [-0.39, 0.29) is 24.6 Å². The van der Waals surface area contributed by atoms with Gasteiger partial charge in [0.05, 0.1) is 11.9 Å². The summed E-state index contributed by atoms with van der Waals surface area (Å²) in [6.07, 6.45) is -1.77. The highest BCUT2D eigenvalue weighted by Gasteiger charge is 2.33. The lowest BCUT2D eigenvalue weighted by molar-refractivity contribution is -0.141. The molecule has 0 aliphatic carbocycles. The molecule has 4 rings (SSSR count). The summed E-state index contributed by atoms with van der Waals surface area (Å²) < 4.78 is 46.0. The third-order valence-corrected chi connectivity index (χ3v) is 5.43. The number of amides is 2. The number of fused-ring (bicyclic) bond motifs is 1. The van der Waals surface area contributed by atoms with E-state index in [0.29, 0.717) is 17.0 Å². The second-order valence-corrected chi connectivity index (χ2v) is 8.22. The monoisotopic (exact) mass is 523 g/mol. The number of likely N-dealkylation sites (N-methyl/N-ethyl adjacent to an activating group) is 1. The van der Waals surface area contributed by atoms with E-state index in [1.54, 1.807) is 25.2 Å². The Kier molecular flexibility index (Phi) is 6.11. The average Bonchev–Trinajstić information content (AvgIpc) is 3.20. The van der Waals surface area contributed by atoms with Crippen molar-refractivity contribution in [1.29, 1.82) is 0 Å². The van der Waals surface area contributed by atoms with Crippen LogP contribution >= 0.6 is 15.9 Å². The highest BCUT2D eigenvalue weighted by molar-refractivity contribution is 9.10. The molecule has 1 aromatic carbocycles. The lowest BCUT2D eigenvalue weighted by Gasteiger charge is -2.20. The van der Waals surface area contributed by atoms with Crippen LogP contribution in [-0.2, 0) is 17.4 Å². The van der Waals surface area contributed by atoms with E-state index in [9.17, 15) is 22.8 Å². The van der Waals surface area contributed by atoms with Gasteiger partial charge in [-0.2, -0.15) is 23.0 Å². The maximum absolute atomic E-state index is 12.9. The van der Waals surface area contributed by atoms with Gasteiger partial charge in [0.25, 0.3) is 5.91 Å². The minimum absolute atomic E-state index is 0.0512. The Hall–Kier alpha value is -3.41. The predicted molar refractivity (Wildman–Crippen MR) is 115 cm³/mol. The number of carbonyl (C=O) groups is 2. The number of carbonyl (C=O) groups excluding carboxylic acids is 2. The van der Waals surface area contributed by atoms with Crippen molar-refractivity contribution in [1.82, 2.24) is 20.1 Å². The van der Waals surface area contributed by atoms with E-state index in [0.717, 1.165) is 15.2 Å². The highest BCUT2D eigenvalue weighted by atomic mass is 79.9. The fraction of sp³-hybridized carbons (Fsp3) is 0.238. The van der Waals surface area contributed by atoms with E-state index < -0.39 is 23.9 Å². The van der Waals surface area contributed by atoms with Crippen LogP contribution < -0.4 is 15.0 Å². The van der Waals surface area contributed by atoms with Gasteiger partial charge in [0.2, 0.25) is 0 Å². The Balaban J connectivity index is 1.44. The van der Waals surface area contributed by atoms with E-state index in [4.69, 9.17) is 4.74 Å². The largest absolute Gasteiger partial charge is 0.489 e. The average molecular weight is 524 g/mol. The van der Waals surface area contributed by atoms with Crippen molar-refractivity contribution < 1.29 is 27.5 Å². The first kappa shape index (κ1) is 22.8. The quantitative estimate of drug-likeness (QED) is 0.566. The minimum Gasteiger partial charge on any atom is -0.489 e. The first-order valence-electron chi connectivity index (χ1n) is 9.69. The Morgan fingerprint density at radius 2 is 2.09 bits per heavy atom. The number of hydrogen-bond acceptors (Lipinski definition) is 5. The molecule has 172 valence electrons. The van der Waals surface area contributed by atoms with Crippen LogP contribution in [0.2, 0.25) is 0 Å². The number of pyridine rings is 1. The summed E-state index contributed by atoms with van der Waals surface area (Å²) in [5.74, 6) is 0.126. The molecule has 1 aliphatic rings. The van der Waals surface area contributed by atoms with Crippen LogP contribution in [-0.4, -0.2) is 46.4 Å². The molecule has 33 heavy (non-hydrogen) atoms. The topological polar surface area (TPSA) is 89.4 Å². The molecule has 0 radical (unpaired) electrons. The molecule has 12 heteroatoms. The fourth-order valence-corrected chi connectivity index (χ4v) is 3.65. The van der Waals surface area contributed by atoms with Crippen molar-refractivity contribution in [2.24, 2.45) is 0 Å². The molecule has 0 bridgehead atoms. The van der Waals surface area contributed by atoms with Crippen molar-refractivity contribution in [3.63, 3.8) is 0 Å². The van der Waals surface area contributed by atoms with Crippen molar-refractivity contribution in [2.45, 2.75) is 18.6 Å². The van der Waals surface area contributed by atoms with Crippen LogP contribution in [0.25, 0.3) is 0 Å². The van der Waals surface area contributed by atoms with E-state index >= 15 is 0 Å². The minimum atomic E-state index is -4.55. The summed E-state index contributed by atoms with van der Waals surface area (Å²) in [6.45, 7) is -0.0776. The third kappa shape index (κ3) is 5.00. The number of nitrogens with one attached hydrogen (secondary N) is 1. The van der Waals surface area contributed by atoms with Crippen LogP contribution in [0.1, 0.15) is 17.0 Å². The Labute approximate surface area is 194 Å². The lowest BCUT2D eigenvalue weighted by Crippen LogP contribution is -2.50. The molecule has 2 aromatic heterocycles. The number of alkyl halides is 3. The van der Waals surface area contributed by atoms with Gasteiger partial charge in [-0.1, -0.05) is 22.0 Å². The van der Waals surface area contributed by atoms with E-state index in [2.05, 4.69) is 31.3 Å². The van der Waals surface area contributed by atoms with Gasteiger partial charge < -0.3 is 15.0 Å². The van der Waals surface area contributed by atoms with Crippen molar-refractivity contribution in [2.75, 3.05) is 18.6 Å². The summed E-state index contributed by atoms with van der Waals surface area (Å²) in [5.41, 5.74) is 0.229. The predicted octanol–water partition coefficient (Wildman–Crippen LogP) is 3.63. The van der Waals surface area contributed by atoms with Gasteiger partial charge >= 0.3 is 12.2 Å². The zero-order valence-electron chi connectivity index (χ0n) is 17.1. The van der Waals surface area contributed by atoms with Gasteiger partial charge in [0, 0.05) is 29.8 Å². The lowest BCUT2D eigenvalue weighted by atomic mass is 10.2. The van der Waals surface area contributed by atoms with Crippen LogP contribution in [0.5, 0.6) is 5.75 Å². The summed E-state index contributed by atoms with van der Waals surface area (Å²) >= 11 is 3.35. The number of benzene rings is 1. The summed E-state index contributed by atoms with van der Waals surface area (Å²) in [5, 5.41) is 6.53. The molecule has 0 spiro atoms. The van der Waals surface area contributed by atoms with Gasteiger partial charge in [0.15, 0.2) is 0 Å². The van der Waals surface area contributed by atoms with E-state index in [1.807, 2.05) is 0 Å². The Morgan fingerprint density at radius 1 is 1.30 bits per heavy atom. The fourth-order valence-electron chi connectivity index (χ4n) is 3.30. The Morgan fingerprint density at radius 3 is 2.85 bits per heavy atom. The SMILES string of the molecule is CN1C(=O)[C@H](NC(=O)n2cc(Cc3cccc(C(F)(F)F)n3)cn2)COc2ccc(Br)cc21. The molecule has 3 aromatic rings. The zero-order chi connectivity index (χ0) is 23.8. The molecular weight excluding hydrogens is 507 g/mol. The van der Waals surface area contributed by atoms with Crippen LogP contribution in [0.3, 0.4) is 0 Å². The van der Waals surface area contributed by atoms with Crippen LogP contribution in [0.15, 0.2) is 53.3 Å². The second kappa shape index (κ2) is 8.85. The van der Waals surface area contributed by atoms with Crippen LogP contribution in [0, 0.1) is 0 Å². The molecule has 2 amide bonds. The van der Waals surface area contributed by atoms with E-state index in [1.165, 1.54) is 29.4 Å². The van der Waals surface area contributed by atoms with Gasteiger partial charge in [-0.05, 0) is 35.9 Å². The number of nitrogens with zero attached hydrogens (tertiary/aromatic N) is 4. The smallest absolute Gasteiger partial charge is 0.433 e. The molecule has 1 atom stereocenters. The molecule has 1 aliphatic heterocycles. The standard InChI is InChI=1S/C21H17BrF3N5O3/c1-29-16-8-13(22)5-6-17(16)33-11-15(19(29)31)28-20(32)30-10-12(9-26-30)7-14-3-2-4-18(27-14)21(23,24)25/h2-6,8-10,15H,7,11H2,1H3,(H,28,32)/t15-/m1/s1. The maximum atomic E-state index is 12.9. The van der Waals surface area contributed by atoms with Crippen LogP contribution in [0.4, 0.5) is 23.7 Å². The number of anilines is 1. The molecule has 8 nitrogen and oxygen atoms in total. The normalized spacial score (nSPS) is 16.1. The molecule has 1 N–H and O–H groups in total. The number of ether oxygens (including phenoxy) is 1. The van der Waals surface area contributed by atoms with Gasteiger partial charge in [-0.3, -0.25) is 4.79 Å². The molecule has 0 fully saturated rings. The van der Waals surface area contributed by atoms with Gasteiger partial charge in [-0.25, -0.2) is 9.78 Å². The number of hydrogen-bond donors (Lipinski definition) is 1.